The third-order valence-electron chi connectivity index (χ3n) is 4.59. The van der Waals surface area contributed by atoms with E-state index >= 15 is 0 Å². The number of aromatic nitrogens is 2. The van der Waals surface area contributed by atoms with Crippen LogP contribution in [0.15, 0.2) is 71.5 Å². The van der Waals surface area contributed by atoms with Crippen LogP contribution in [-0.2, 0) is 12.8 Å². The molecule has 1 unspecified atom stereocenters. The van der Waals surface area contributed by atoms with Gasteiger partial charge in [-0.3, -0.25) is 4.79 Å². The number of benzene rings is 2. The average Bonchev–Trinajstić information content (AvgIpc) is 2.66. The van der Waals surface area contributed by atoms with Crippen LogP contribution in [0.5, 0.6) is 0 Å². The van der Waals surface area contributed by atoms with E-state index in [2.05, 4.69) is 58.5 Å². The quantitative estimate of drug-likeness (QED) is 0.647. The maximum atomic E-state index is 12.0. The van der Waals surface area contributed by atoms with Gasteiger partial charge in [0.2, 0.25) is 5.95 Å². The molecule has 5 nitrogen and oxygen atoms in total. The van der Waals surface area contributed by atoms with Crippen molar-refractivity contribution in [3.05, 3.63) is 93.9 Å². The van der Waals surface area contributed by atoms with Crippen LogP contribution in [-0.4, -0.2) is 41.5 Å². The van der Waals surface area contributed by atoms with Crippen molar-refractivity contribution in [3.63, 3.8) is 0 Å². The second kappa shape index (κ2) is 9.14. The second-order valence-corrected chi connectivity index (χ2v) is 6.94. The lowest BCUT2D eigenvalue weighted by molar-refractivity contribution is 0.303. The van der Waals surface area contributed by atoms with E-state index in [1.165, 1.54) is 5.56 Å². The number of H-pyrrole nitrogens is 1. The number of rotatable bonds is 8. The van der Waals surface area contributed by atoms with Gasteiger partial charge in [-0.05, 0) is 31.6 Å². The van der Waals surface area contributed by atoms with Crippen LogP contribution in [0, 0.1) is 0 Å². The van der Waals surface area contributed by atoms with E-state index in [-0.39, 0.29) is 11.6 Å². The Labute approximate surface area is 160 Å². The normalized spacial score (nSPS) is 12.1. The molecule has 140 valence electrons. The highest BCUT2D eigenvalue weighted by Crippen LogP contribution is 2.09. The molecule has 0 aliphatic rings. The Morgan fingerprint density at radius 3 is 2.26 bits per heavy atom. The van der Waals surface area contributed by atoms with E-state index in [0.29, 0.717) is 18.9 Å². The first kappa shape index (κ1) is 18.9. The number of nitrogens with one attached hydrogen (secondary N) is 2. The van der Waals surface area contributed by atoms with E-state index in [1.54, 1.807) is 6.07 Å². The molecule has 0 saturated heterocycles. The summed E-state index contributed by atoms with van der Waals surface area (Å²) in [4.78, 5) is 21.5. The molecule has 0 radical (unpaired) electrons. The molecule has 0 fully saturated rings. The minimum atomic E-state index is -0.230. The van der Waals surface area contributed by atoms with Gasteiger partial charge in [0.05, 0.1) is 0 Å². The van der Waals surface area contributed by atoms with E-state index < -0.39 is 0 Å². The zero-order chi connectivity index (χ0) is 19.1. The Morgan fingerprint density at radius 1 is 1.00 bits per heavy atom. The second-order valence-electron chi connectivity index (χ2n) is 6.94. The van der Waals surface area contributed by atoms with Gasteiger partial charge < -0.3 is 15.2 Å². The van der Waals surface area contributed by atoms with Crippen LogP contribution in [0.4, 0.5) is 5.95 Å². The summed E-state index contributed by atoms with van der Waals surface area (Å²) in [6.07, 6.45) is 1.60. The van der Waals surface area contributed by atoms with Gasteiger partial charge in [-0.1, -0.05) is 60.7 Å². The first-order chi connectivity index (χ1) is 13.1. The molecule has 3 aromatic rings. The van der Waals surface area contributed by atoms with Crippen LogP contribution in [0.3, 0.4) is 0 Å². The van der Waals surface area contributed by atoms with Crippen LogP contribution >= 0.6 is 0 Å². The zero-order valence-electron chi connectivity index (χ0n) is 15.9. The monoisotopic (exact) mass is 362 g/mol. The average molecular weight is 362 g/mol. The minimum Gasteiger partial charge on any atom is -0.354 e. The molecule has 1 heterocycles. The fraction of sp³-hybridized carbons (Fsp3) is 0.273. The smallest absolute Gasteiger partial charge is 0.274 e. The first-order valence-corrected chi connectivity index (χ1v) is 9.18. The van der Waals surface area contributed by atoms with Crippen LogP contribution in [0.1, 0.15) is 16.8 Å². The topological polar surface area (TPSA) is 61.0 Å². The van der Waals surface area contributed by atoms with Crippen LogP contribution < -0.4 is 10.9 Å². The van der Waals surface area contributed by atoms with Crippen molar-refractivity contribution in [1.29, 1.82) is 0 Å². The number of hydrogen-bond acceptors (Lipinski definition) is 4. The van der Waals surface area contributed by atoms with Crippen molar-refractivity contribution >= 4 is 5.95 Å². The van der Waals surface area contributed by atoms with Gasteiger partial charge in [-0.25, -0.2) is 0 Å². The summed E-state index contributed by atoms with van der Waals surface area (Å²) >= 11 is 0. The minimum absolute atomic E-state index is 0.230. The predicted octanol–water partition coefficient (Wildman–Crippen LogP) is 2.95. The van der Waals surface area contributed by atoms with E-state index in [1.807, 2.05) is 36.4 Å². The molecule has 0 bridgehead atoms. The summed E-state index contributed by atoms with van der Waals surface area (Å²) in [7, 11) is 4.13. The number of anilines is 1. The first-order valence-electron chi connectivity index (χ1n) is 9.18. The summed E-state index contributed by atoms with van der Waals surface area (Å²) in [5.41, 5.74) is 3.07. The lowest BCUT2D eigenvalue weighted by atomic mass is 10.1. The Hall–Kier alpha value is -2.92. The lowest BCUT2D eigenvalue weighted by Gasteiger charge is -2.25. The third-order valence-corrected chi connectivity index (χ3v) is 4.59. The van der Waals surface area contributed by atoms with Crippen molar-refractivity contribution in [1.82, 2.24) is 14.9 Å². The van der Waals surface area contributed by atoms with E-state index in [0.717, 1.165) is 17.7 Å². The van der Waals surface area contributed by atoms with Crippen molar-refractivity contribution in [2.75, 3.05) is 26.0 Å². The Kier molecular flexibility index (Phi) is 6.39. The molecule has 1 aromatic heterocycles. The Balaban J connectivity index is 1.67. The lowest BCUT2D eigenvalue weighted by Crippen LogP contribution is -2.37. The molecule has 3 rings (SSSR count). The van der Waals surface area contributed by atoms with E-state index in [9.17, 15) is 4.79 Å². The van der Waals surface area contributed by atoms with E-state index in [4.69, 9.17) is 0 Å². The number of likely N-dealkylation sites (N-methyl/N-ethyl adjacent to an activating group) is 1. The number of aromatic amines is 1. The summed E-state index contributed by atoms with van der Waals surface area (Å²) in [5.74, 6) is 0.522. The number of hydrogen-bond donors (Lipinski definition) is 2. The Morgan fingerprint density at radius 2 is 1.63 bits per heavy atom. The SMILES string of the molecule is CN(C)C(CNc1nc(=O)cc(Cc2ccccc2)[nH]1)Cc1ccccc1. The Bertz CT molecular complexity index is 891. The maximum absolute atomic E-state index is 12.0. The summed E-state index contributed by atoms with van der Waals surface area (Å²) < 4.78 is 0. The highest BCUT2D eigenvalue weighted by molar-refractivity contribution is 5.29. The van der Waals surface area contributed by atoms with Gasteiger partial charge in [0.1, 0.15) is 0 Å². The highest BCUT2D eigenvalue weighted by atomic mass is 16.1. The van der Waals surface area contributed by atoms with Crippen molar-refractivity contribution < 1.29 is 0 Å². The molecule has 0 saturated carbocycles. The van der Waals surface area contributed by atoms with Crippen molar-refractivity contribution in [2.45, 2.75) is 18.9 Å². The summed E-state index contributed by atoms with van der Waals surface area (Å²) in [6.45, 7) is 0.694. The van der Waals surface area contributed by atoms with Crippen LogP contribution in [0.2, 0.25) is 0 Å². The zero-order valence-corrected chi connectivity index (χ0v) is 15.9. The highest BCUT2D eigenvalue weighted by Gasteiger charge is 2.13. The van der Waals surface area contributed by atoms with Gasteiger partial charge in [-0.15, -0.1) is 0 Å². The maximum Gasteiger partial charge on any atom is 0.274 e. The molecule has 0 amide bonds. The largest absolute Gasteiger partial charge is 0.354 e. The van der Waals surface area contributed by atoms with Gasteiger partial charge in [0, 0.05) is 30.8 Å². The van der Waals surface area contributed by atoms with Gasteiger partial charge in [-0.2, -0.15) is 4.98 Å². The fourth-order valence-corrected chi connectivity index (χ4v) is 3.04. The van der Waals surface area contributed by atoms with Gasteiger partial charge >= 0.3 is 0 Å². The third kappa shape index (κ3) is 5.79. The molecule has 2 aromatic carbocycles. The molecule has 27 heavy (non-hydrogen) atoms. The molecule has 0 spiro atoms. The molecule has 5 heteroatoms. The predicted molar refractivity (Wildman–Crippen MR) is 110 cm³/mol. The van der Waals surface area contributed by atoms with Gasteiger partial charge in [0.15, 0.2) is 0 Å². The molecule has 1 atom stereocenters. The molecule has 0 aliphatic carbocycles. The standard InChI is InChI=1S/C22H26N4O/c1-26(2)20(14-18-11-7-4-8-12-18)16-23-22-24-19(15-21(27)25-22)13-17-9-5-3-6-10-17/h3-12,15,20H,13-14,16H2,1-2H3,(H2,23,24,25,27). The molecule has 0 aliphatic heterocycles. The molecular weight excluding hydrogens is 336 g/mol. The fourth-order valence-electron chi connectivity index (χ4n) is 3.04. The van der Waals surface area contributed by atoms with Crippen LogP contribution in [0.25, 0.3) is 0 Å². The number of nitrogens with zero attached hydrogens (tertiary/aromatic N) is 2. The van der Waals surface area contributed by atoms with Gasteiger partial charge in [0.25, 0.3) is 5.56 Å². The molecule has 2 N–H and O–H groups in total. The van der Waals surface area contributed by atoms with Crippen molar-refractivity contribution in [3.8, 4) is 0 Å². The van der Waals surface area contributed by atoms with Crippen molar-refractivity contribution in [2.24, 2.45) is 0 Å². The molecular formula is C22H26N4O. The summed E-state index contributed by atoms with van der Waals surface area (Å²) in [6, 6.07) is 22.3. The summed E-state index contributed by atoms with van der Waals surface area (Å²) in [5, 5.41) is 3.31.